The number of nitrogens with zero attached hydrogens (tertiary/aromatic N) is 1. The molecule has 4 nitrogen and oxygen atoms in total. The van der Waals surface area contributed by atoms with Gasteiger partial charge >= 0.3 is 0 Å². The highest BCUT2D eigenvalue weighted by atomic mass is 19.1. The highest BCUT2D eigenvalue weighted by Crippen LogP contribution is 2.21. The fourth-order valence-electron chi connectivity index (χ4n) is 2.61. The molecule has 0 saturated heterocycles. The minimum absolute atomic E-state index is 0.290. The number of rotatable bonds is 5. The van der Waals surface area contributed by atoms with E-state index in [0.29, 0.717) is 30.0 Å². The van der Waals surface area contributed by atoms with E-state index < -0.39 is 0 Å². The summed E-state index contributed by atoms with van der Waals surface area (Å²) >= 11 is 0. The third-order valence-corrected chi connectivity index (χ3v) is 4.07. The summed E-state index contributed by atoms with van der Waals surface area (Å²) in [5.74, 6) is 0.629. The standard InChI is InChI=1S/C20H19FN2O2/c1-13-16(9-6-10-17(13)21)19(24)22-12-11-18-14(2)25-20(23-18)15-7-4-3-5-8-15/h3-10H,11-12H2,1-2H3,(H,22,24). The summed E-state index contributed by atoms with van der Waals surface area (Å²) in [4.78, 5) is 16.7. The summed E-state index contributed by atoms with van der Waals surface area (Å²) in [5, 5.41) is 2.80. The van der Waals surface area contributed by atoms with E-state index in [1.54, 1.807) is 13.0 Å². The van der Waals surface area contributed by atoms with E-state index in [0.717, 1.165) is 17.0 Å². The van der Waals surface area contributed by atoms with Gasteiger partial charge in [0.1, 0.15) is 11.6 Å². The molecule has 2 aromatic carbocycles. The van der Waals surface area contributed by atoms with Crippen molar-refractivity contribution in [3.05, 3.63) is 76.9 Å². The molecule has 0 atom stereocenters. The molecule has 3 rings (SSSR count). The maximum absolute atomic E-state index is 13.5. The van der Waals surface area contributed by atoms with E-state index in [9.17, 15) is 9.18 Å². The molecular formula is C20H19FN2O2. The Balaban J connectivity index is 1.64. The number of aryl methyl sites for hydroxylation is 1. The molecule has 0 radical (unpaired) electrons. The highest BCUT2D eigenvalue weighted by Gasteiger charge is 2.13. The molecule has 0 aliphatic rings. The molecule has 1 amide bonds. The zero-order chi connectivity index (χ0) is 17.8. The summed E-state index contributed by atoms with van der Waals surface area (Å²) in [7, 11) is 0. The largest absolute Gasteiger partial charge is 0.441 e. The van der Waals surface area contributed by atoms with Crippen LogP contribution in [0.2, 0.25) is 0 Å². The second kappa shape index (κ2) is 7.30. The first-order valence-corrected chi connectivity index (χ1v) is 8.11. The Morgan fingerprint density at radius 3 is 2.64 bits per heavy atom. The predicted molar refractivity (Wildman–Crippen MR) is 93.9 cm³/mol. The van der Waals surface area contributed by atoms with Gasteiger partial charge in [0, 0.05) is 24.1 Å². The van der Waals surface area contributed by atoms with Crippen LogP contribution in [0.25, 0.3) is 11.5 Å². The quantitative estimate of drug-likeness (QED) is 0.763. The minimum Gasteiger partial charge on any atom is -0.441 e. The van der Waals surface area contributed by atoms with Gasteiger partial charge in [-0.1, -0.05) is 24.3 Å². The number of aromatic nitrogens is 1. The molecule has 3 aromatic rings. The molecule has 25 heavy (non-hydrogen) atoms. The number of amides is 1. The number of oxazole rings is 1. The van der Waals surface area contributed by atoms with Crippen molar-refractivity contribution in [3.8, 4) is 11.5 Å². The van der Waals surface area contributed by atoms with Crippen LogP contribution in [0.4, 0.5) is 4.39 Å². The normalized spacial score (nSPS) is 10.7. The third kappa shape index (κ3) is 3.76. The number of hydrogen-bond donors (Lipinski definition) is 1. The second-order valence-electron chi connectivity index (χ2n) is 5.81. The van der Waals surface area contributed by atoms with Gasteiger partial charge in [0.05, 0.1) is 5.69 Å². The molecule has 128 valence electrons. The Hall–Kier alpha value is -2.95. The van der Waals surface area contributed by atoms with Crippen molar-refractivity contribution < 1.29 is 13.6 Å². The van der Waals surface area contributed by atoms with Crippen molar-refractivity contribution in [2.24, 2.45) is 0 Å². The second-order valence-corrected chi connectivity index (χ2v) is 5.81. The van der Waals surface area contributed by atoms with Crippen LogP contribution < -0.4 is 5.32 Å². The number of carbonyl (C=O) groups is 1. The Bertz CT molecular complexity index is 888. The number of nitrogens with one attached hydrogen (secondary N) is 1. The van der Waals surface area contributed by atoms with E-state index in [1.807, 2.05) is 37.3 Å². The van der Waals surface area contributed by atoms with Crippen LogP contribution in [0.15, 0.2) is 52.9 Å². The topological polar surface area (TPSA) is 55.1 Å². The molecule has 1 N–H and O–H groups in total. The highest BCUT2D eigenvalue weighted by molar-refractivity contribution is 5.95. The lowest BCUT2D eigenvalue weighted by Gasteiger charge is -2.07. The van der Waals surface area contributed by atoms with Crippen LogP contribution >= 0.6 is 0 Å². The summed E-state index contributed by atoms with van der Waals surface area (Å²) in [5.41, 5.74) is 2.41. The van der Waals surface area contributed by atoms with E-state index >= 15 is 0 Å². The first-order chi connectivity index (χ1) is 12.1. The van der Waals surface area contributed by atoms with Gasteiger partial charge in [-0.05, 0) is 43.7 Å². The molecule has 1 aromatic heterocycles. The smallest absolute Gasteiger partial charge is 0.251 e. The van der Waals surface area contributed by atoms with Crippen LogP contribution in [0.1, 0.15) is 27.4 Å². The Morgan fingerprint density at radius 2 is 1.88 bits per heavy atom. The maximum Gasteiger partial charge on any atom is 0.251 e. The van der Waals surface area contributed by atoms with Gasteiger partial charge < -0.3 is 9.73 Å². The SMILES string of the molecule is Cc1oc(-c2ccccc2)nc1CCNC(=O)c1cccc(F)c1C. The van der Waals surface area contributed by atoms with Crippen LogP contribution in [0.3, 0.4) is 0 Å². The summed E-state index contributed by atoms with van der Waals surface area (Å²) in [6.07, 6.45) is 0.544. The van der Waals surface area contributed by atoms with E-state index in [1.165, 1.54) is 12.1 Å². The first-order valence-electron chi connectivity index (χ1n) is 8.11. The monoisotopic (exact) mass is 338 g/mol. The van der Waals surface area contributed by atoms with Gasteiger partial charge in [0.25, 0.3) is 5.91 Å². The van der Waals surface area contributed by atoms with Crippen molar-refractivity contribution in [1.82, 2.24) is 10.3 Å². The van der Waals surface area contributed by atoms with Crippen LogP contribution in [0, 0.1) is 19.7 Å². The average Bonchev–Trinajstić information content (AvgIpc) is 2.99. The van der Waals surface area contributed by atoms with Gasteiger partial charge in [-0.3, -0.25) is 4.79 Å². The van der Waals surface area contributed by atoms with Gasteiger partial charge in [0.2, 0.25) is 5.89 Å². The Morgan fingerprint density at radius 1 is 1.12 bits per heavy atom. The molecule has 0 unspecified atom stereocenters. The van der Waals surface area contributed by atoms with Crippen LogP contribution in [-0.4, -0.2) is 17.4 Å². The van der Waals surface area contributed by atoms with Crippen LogP contribution in [-0.2, 0) is 6.42 Å². The van der Waals surface area contributed by atoms with E-state index in [-0.39, 0.29) is 11.7 Å². The number of hydrogen-bond acceptors (Lipinski definition) is 3. The lowest BCUT2D eigenvalue weighted by molar-refractivity contribution is 0.0953. The maximum atomic E-state index is 13.5. The fraction of sp³-hybridized carbons (Fsp3) is 0.200. The summed E-state index contributed by atoms with van der Waals surface area (Å²) in [6.45, 7) is 3.85. The molecule has 0 aliphatic carbocycles. The van der Waals surface area contributed by atoms with Gasteiger partial charge in [-0.25, -0.2) is 9.37 Å². The van der Waals surface area contributed by atoms with Crippen LogP contribution in [0.5, 0.6) is 0 Å². The third-order valence-electron chi connectivity index (χ3n) is 4.07. The lowest BCUT2D eigenvalue weighted by Crippen LogP contribution is -2.26. The van der Waals surface area contributed by atoms with E-state index in [4.69, 9.17) is 4.42 Å². The van der Waals surface area contributed by atoms with Gasteiger partial charge in [0.15, 0.2) is 0 Å². The zero-order valence-corrected chi connectivity index (χ0v) is 14.2. The number of benzene rings is 2. The lowest BCUT2D eigenvalue weighted by atomic mass is 10.1. The summed E-state index contributed by atoms with van der Waals surface area (Å²) < 4.78 is 19.2. The van der Waals surface area contributed by atoms with Gasteiger partial charge in [-0.2, -0.15) is 0 Å². The van der Waals surface area contributed by atoms with Crippen molar-refractivity contribution >= 4 is 5.91 Å². The summed E-state index contributed by atoms with van der Waals surface area (Å²) in [6, 6.07) is 14.1. The van der Waals surface area contributed by atoms with Crippen molar-refractivity contribution in [2.45, 2.75) is 20.3 Å². The predicted octanol–water partition coefficient (Wildman–Crippen LogP) is 4.07. The zero-order valence-electron chi connectivity index (χ0n) is 14.2. The minimum atomic E-state index is -0.382. The average molecular weight is 338 g/mol. The molecule has 5 heteroatoms. The molecule has 0 bridgehead atoms. The molecule has 0 spiro atoms. The van der Waals surface area contributed by atoms with Crippen molar-refractivity contribution in [2.75, 3.05) is 6.54 Å². The molecule has 0 fully saturated rings. The molecule has 0 saturated carbocycles. The number of carbonyl (C=O) groups excluding carboxylic acids is 1. The first kappa shape index (κ1) is 16.9. The number of halogens is 1. The Kier molecular flexibility index (Phi) is 4.93. The van der Waals surface area contributed by atoms with Crippen molar-refractivity contribution in [3.63, 3.8) is 0 Å². The van der Waals surface area contributed by atoms with E-state index in [2.05, 4.69) is 10.3 Å². The van der Waals surface area contributed by atoms with Gasteiger partial charge in [-0.15, -0.1) is 0 Å². The molecule has 0 aliphatic heterocycles. The molecule has 1 heterocycles. The Labute approximate surface area is 145 Å². The van der Waals surface area contributed by atoms with Crippen molar-refractivity contribution in [1.29, 1.82) is 0 Å². The molecular weight excluding hydrogens is 319 g/mol. The fourth-order valence-corrected chi connectivity index (χ4v) is 2.61.